The van der Waals surface area contributed by atoms with Crippen LogP contribution in [0.4, 0.5) is 10.1 Å². The number of likely N-dealkylation sites (N-methyl/N-ethyl adjacent to an activating group) is 1. The van der Waals surface area contributed by atoms with Crippen LogP contribution in [0.15, 0.2) is 11.4 Å². The van der Waals surface area contributed by atoms with Crippen molar-refractivity contribution in [3.63, 3.8) is 0 Å². The molecule has 0 aliphatic carbocycles. The number of benzene rings is 1. The Kier molecular flexibility index (Phi) is 3.15. The maximum atomic E-state index is 15.1. The van der Waals surface area contributed by atoms with Crippen LogP contribution in [-0.4, -0.2) is 42.5 Å². The zero-order chi connectivity index (χ0) is 17.3. The molecule has 130 valence electrons. The van der Waals surface area contributed by atoms with Gasteiger partial charge in [0.25, 0.3) is 0 Å². The maximum Gasteiger partial charge on any atom is 0.170 e. The number of pyridine rings is 1. The summed E-state index contributed by atoms with van der Waals surface area (Å²) in [4.78, 5) is 5.38. The summed E-state index contributed by atoms with van der Waals surface area (Å²) in [6.45, 7) is 5.74. The fourth-order valence-corrected chi connectivity index (χ4v) is 4.91. The third kappa shape index (κ3) is 1.99. The lowest BCUT2D eigenvalue weighted by atomic mass is 10.1. The number of ether oxygens (including phenoxy) is 1. The summed E-state index contributed by atoms with van der Waals surface area (Å²) in [6, 6.07) is 1.52. The molecular weight excluding hydrogens is 339 g/mol. The van der Waals surface area contributed by atoms with E-state index in [-0.39, 0.29) is 5.82 Å². The Labute approximate surface area is 148 Å². The van der Waals surface area contributed by atoms with E-state index >= 15 is 4.39 Å². The van der Waals surface area contributed by atoms with E-state index in [1.807, 2.05) is 6.92 Å². The van der Waals surface area contributed by atoms with E-state index in [4.69, 9.17) is 10.1 Å². The minimum absolute atomic E-state index is 0.293. The van der Waals surface area contributed by atoms with Crippen molar-refractivity contribution in [3.8, 4) is 5.75 Å². The van der Waals surface area contributed by atoms with Crippen molar-refractivity contribution in [1.82, 2.24) is 9.30 Å². The van der Waals surface area contributed by atoms with Crippen molar-refractivity contribution in [1.29, 1.82) is 5.41 Å². The number of hydrogen-bond donors (Lipinski definition) is 1. The van der Waals surface area contributed by atoms with Crippen molar-refractivity contribution >= 4 is 32.8 Å². The molecular formula is C18H19FN4OS. The smallest absolute Gasteiger partial charge is 0.170 e. The van der Waals surface area contributed by atoms with Crippen LogP contribution >= 0.6 is 11.3 Å². The highest BCUT2D eigenvalue weighted by atomic mass is 32.1. The van der Waals surface area contributed by atoms with Crippen LogP contribution in [0.5, 0.6) is 5.75 Å². The van der Waals surface area contributed by atoms with Gasteiger partial charge in [0.1, 0.15) is 22.6 Å². The van der Waals surface area contributed by atoms with Gasteiger partial charge in [-0.25, -0.2) is 4.39 Å². The quantitative estimate of drug-likeness (QED) is 0.727. The fourth-order valence-electron chi connectivity index (χ4n) is 3.89. The Balaban J connectivity index is 1.87. The topological polar surface area (TPSA) is 44.0 Å². The number of nitrogens with one attached hydrogen (secondary N) is 1. The molecule has 0 saturated carbocycles. The van der Waals surface area contributed by atoms with Crippen molar-refractivity contribution in [2.45, 2.75) is 13.5 Å². The standard InChI is InChI=1S/C18H19FN4OS/c1-10-14(20)12-7-13(19)16(22-5-3-21(2)4-6-22)17-15(12)23-11(8-24-17)9-25-18(10)23/h7,9,20H,3-6,8H2,1-2H3. The largest absolute Gasteiger partial charge is 0.483 e. The number of piperazine rings is 1. The molecule has 1 N–H and O–H groups in total. The second-order valence-corrected chi connectivity index (χ2v) is 7.74. The molecule has 0 amide bonds. The lowest BCUT2D eigenvalue weighted by Crippen LogP contribution is -2.45. The van der Waals surface area contributed by atoms with Crippen LogP contribution in [0, 0.1) is 18.2 Å². The van der Waals surface area contributed by atoms with E-state index in [1.165, 1.54) is 6.07 Å². The van der Waals surface area contributed by atoms with Gasteiger partial charge in [-0.15, -0.1) is 11.3 Å². The molecule has 0 spiro atoms. The first-order valence-electron chi connectivity index (χ1n) is 8.45. The highest BCUT2D eigenvalue weighted by Gasteiger charge is 2.29. The van der Waals surface area contributed by atoms with Gasteiger partial charge in [-0.3, -0.25) is 9.81 Å². The van der Waals surface area contributed by atoms with E-state index in [0.29, 0.717) is 28.8 Å². The normalized spacial score (nSPS) is 17.6. The zero-order valence-electron chi connectivity index (χ0n) is 14.2. The molecule has 1 fully saturated rings. The number of aromatic nitrogens is 1. The summed E-state index contributed by atoms with van der Waals surface area (Å²) in [5, 5.41) is 11.6. The molecule has 7 heteroatoms. The molecule has 2 aliphatic heterocycles. The van der Waals surface area contributed by atoms with E-state index < -0.39 is 0 Å². The van der Waals surface area contributed by atoms with Gasteiger partial charge >= 0.3 is 0 Å². The minimum Gasteiger partial charge on any atom is -0.483 e. The van der Waals surface area contributed by atoms with Gasteiger partial charge in [0.2, 0.25) is 0 Å². The molecule has 0 atom stereocenters. The first-order valence-corrected chi connectivity index (χ1v) is 9.33. The van der Waals surface area contributed by atoms with Crippen molar-refractivity contribution in [3.05, 3.63) is 33.9 Å². The molecule has 2 aliphatic rings. The van der Waals surface area contributed by atoms with Crippen LogP contribution < -0.4 is 15.0 Å². The van der Waals surface area contributed by atoms with Gasteiger partial charge in [0.15, 0.2) is 11.6 Å². The molecule has 5 rings (SSSR count). The van der Waals surface area contributed by atoms with Gasteiger partial charge in [-0.2, -0.15) is 0 Å². The summed E-state index contributed by atoms with van der Waals surface area (Å²) >= 11 is 1.62. The van der Waals surface area contributed by atoms with Gasteiger partial charge in [-0.05, 0) is 20.0 Å². The molecule has 5 nitrogen and oxygen atoms in total. The average molecular weight is 358 g/mol. The monoisotopic (exact) mass is 358 g/mol. The molecule has 0 unspecified atom stereocenters. The van der Waals surface area contributed by atoms with Crippen molar-refractivity contribution < 1.29 is 9.13 Å². The summed E-state index contributed by atoms with van der Waals surface area (Å²) in [7, 11) is 2.08. The molecule has 25 heavy (non-hydrogen) atoms. The number of aryl methyl sites for hydroxylation is 1. The first kappa shape index (κ1) is 15.2. The fraction of sp³-hybridized carbons (Fsp3) is 0.389. The lowest BCUT2D eigenvalue weighted by Gasteiger charge is -2.36. The number of hydrogen-bond acceptors (Lipinski definition) is 5. The van der Waals surface area contributed by atoms with Gasteiger partial charge in [0.05, 0.1) is 11.1 Å². The molecule has 3 aromatic rings. The van der Waals surface area contributed by atoms with E-state index in [2.05, 4.69) is 26.6 Å². The SMILES string of the molecule is Cc1c(=N)c2cc(F)c(N3CCN(C)CC3)c3c2n2c(csc12)CO3. The summed E-state index contributed by atoms with van der Waals surface area (Å²) in [6.07, 6.45) is 0. The summed E-state index contributed by atoms with van der Waals surface area (Å²) < 4.78 is 23.3. The van der Waals surface area contributed by atoms with E-state index in [1.54, 1.807) is 11.3 Å². The molecule has 1 saturated heterocycles. The average Bonchev–Trinajstić information content (AvgIpc) is 3.04. The molecule has 0 radical (unpaired) electrons. The van der Waals surface area contributed by atoms with Crippen LogP contribution in [0.3, 0.4) is 0 Å². The number of rotatable bonds is 1. The highest BCUT2D eigenvalue weighted by molar-refractivity contribution is 7.15. The van der Waals surface area contributed by atoms with Gasteiger partial charge < -0.3 is 14.5 Å². The second-order valence-electron chi connectivity index (χ2n) is 6.88. The third-order valence-corrected chi connectivity index (χ3v) is 6.45. The number of anilines is 1. The Morgan fingerprint density at radius 1 is 1.24 bits per heavy atom. The molecule has 4 heterocycles. The van der Waals surface area contributed by atoms with Crippen molar-refractivity contribution in [2.24, 2.45) is 0 Å². The lowest BCUT2D eigenvalue weighted by molar-refractivity contribution is 0.287. The Morgan fingerprint density at radius 2 is 2.00 bits per heavy atom. The highest BCUT2D eigenvalue weighted by Crippen LogP contribution is 2.42. The molecule has 2 aromatic heterocycles. The Morgan fingerprint density at radius 3 is 2.76 bits per heavy atom. The predicted molar refractivity (Wildman–Crippen MR) is 97.4 cm³/mol. The first-order chi connectivity index (χ1) is 12.1. The Hall–Kier alpha value is -2.12. The van der Waals surface area contributed by atoms with Crippen LogP contribution in [0.1, 0.15) is 11.3 Å². The van der Waals surface area contributed by atoms with Gasteiger partial charge in [0, 0.05) is 42.5 Å². The minimum atomic E-state index is -0.293. The second kappa shape index (κ2) is 5.19. The van der Waals surface area contributed by atoms with Gasteiger partial charge in [-0.1, -0.05) is 0 Å². The zero-order valence-corrected chi connectivity index (χ0v) is 15.0. The molecule has 0 bridgehead atoms. The number of nitrogens with zero attached hydrogens (tertiary/aromatic N) is 3. The van der Waals surface area contributed by atoms with Crippen molar-refractivity contribution in [2.75, 3.05) is 38.1 Å². The van der Waals surface area contributed by atoms with Crippen LogP contribution in [0.25, 0.3) is 15.7 Å². The molecule has 1 aromatic carbocycles. The van der Waals surface area contributed by atoms with E-state index in [0.717, 1.165) is 47.8 Å². The third-order valence-electron chi connectivity index (χ3n) is 5.35. The summed E-state index contributed by atoms with van der Waals surface area (Å²) in [5.41, 5.74) is 3.35. The Bertz CT molecular complexity index is 1080. The number of halogens is 1. The maximum absolute atomic E-state index is 15.1. The summed E-state index contributed by atoms with van der Waals surface area (Å²) in [5.74, 6) is 0.299. The number of thiazole rings is 1. The van der Waals surface area contributed by atoms with Crippen LogP contribution in [0.2, 0.25) is 0 Å². The predicted octanol–water partition coefficient (Wildman–Crippen LogP) is 2.73. The van der Waals surface area contributed by atoms with E-state index in [9.17, 15) is 0 Å². The van der Waals surface area contributed by atoms with Crippen LogP contribution in [-0.2, 0) is 6.61 Å².